The molecule has 0 atom stereocenters. The summed E-state index contributed by atoms with van der Waals surface area (Å²) in [6.45, 7) is 4.94. The number of carbonyl (C=O) groups is 1. The summed E-state index contributed by atoms with van der Waals surface area (Å²) in [7, 11) is 0. The van der Waals surface area contributed by atoms with E-state index >= 15 is 0 Å². The molecule has 0 saturated carbocycles. The zero-order chi connectivity index (χ0) is 23.4. The van der Waals surface area contributed by atoms with E-state index in [0.29, 0.717) is 13.0 Å². The molecule has 0 N–H and O–H groups in total. The number of esters is 1. The van der Waals surface area contributed by atoms with Crippen LogP contribution >= 0.6 is 0 Å². The highest BCUT2D eigenvalue weighted by molar-refractivity contribution is 5.69. The van der Waals surface area contributed by atoms with Crippen LogP contribution < -0.4 is 0 Å². The largest absolute Gasteiger partial charge is 0.466 e. The molecule has 32 heavy (non-hydrogen) atoms. The van der Waals surface area contributed by atoms with E-state index in [1.165, 1.54) is 89.9 Å². The second-order valence-electron chi connectivity index (χ2n) is 9.03. The summed E-state index contributed by atoms with van der Waals surface area (Å²) in [4.78, 5) is 11.8. The first-order valence-corrected chi connectivity index (χ1v) is 13.9. The lowest BCUT2D eigenvalue weighted by molar-refractivity contribution is -0.143. The Morgan fingerprint density at radius 3 is 1.69 bits per heavy atom. The van der Waals surface area contributed by atoms with Gasteiger partial charge >= 0.3 is 5.97 Å². The van der Waals surface area contributed by atoms with Crippen molar-refractivity contribution in [3.05, 3.63) is 36.5 Å². The molecule has 0 bridgehead atoms. The molecule has 0 aromatic rings. The van der Waals surface area contributed by atoms with Crippen LogP contribution in [0.15, 0.2) is 36.5 Å². The topological polar surface area (TPSA) is 26.3 Å². The SMILES string of the molecule is C/C=C\CCCCCCCCCCC(=O)OCCCCCC/C=C\C/C=C\CCCCC. The third-order valence-corrected chi connectivity index (χ3v) is 5.85. The Morgan fingerprint density at radius 2 is 1.09 bits per heavy atom. The van der Waals surface area contributed by atoms with E-state index in [0.717, 1.165) is 32.1 Å². The van der Waals surface area contributed by atoms with Gasteiger partial charge in [-0.3, -0.25) is 4.79 Å². The van der Waals surface area contributed by atoms with Gasteiger partial charge < -0.3 is 4.74 Å². The zero-order valence-corrected chi connectivity index (χ0v) is 21.6. The molecule has 0 saturated heterocycles. The van der Waals surface area contributed by atoms with Gasteiger partial charge in [0, 0.05) is 6.42 Å². The van der Waals surface area contributed by atoms with Crippen LogP contribution in [0.1, 0.15) is 142 Å². The minimum absolute atomic E-state index is 0.000314. The van der Waals surface area contributed by atoms with Crippen LogP contribution in [-0.4, -0.2) is 12.6 Å². The quantitative estimate of drug-likeness (QED) is 0.0837. The van der Waals surface area contributed by atoms with Gasteiger partial charge in [-0.1, -0.05) is 108 Å². The summed E-state index contributed by atoms with van der Waals surface area (Å²) in [6.07, 6.45) is 37.6. The van der Waals surface area contributed by atoms with E-state index in [-0.39, 0.29) is 5.97 Å². The summed E-state index contributed by atoms with van der Waals surface area (Å²) >= 11 is 0. The van der Waals surface area contributed by atoms with Gasteiger partial charge in [0.15, 0.2) is 0 Å². The van der Waals surface area contributed by atoms with Crippen molar-refractivity contribution in [2.24, 2.45) is 0 Å². The molecule has 0 unspecified atom stereocenters. The van der Waals surface area contributed by atoms with Crippen molar-refractivity contribution < 1.29 is 9.53 Å². The maximum Gasteiger partial charge on any atom is 0.305 e. The minimum Gasteiger partial charge on any atom is -0.466 e. The normalized spacial score (nSPS) is 11.9. The standard InChI is InChI=1S/C30H54O2/c1-3-5-7-9-11-13-15-16-17-19-21-23-25-27-29-32-30(31)28-26-24-22-20-18-14-12-10-8-6-4-2/h4,6,11,13,16-17H,3,5,7-10,12,14-15,18-29H2,1-2H3/b6-4-,13-11-,17-16-. The van der Waals surface area contributed by atoms with Gasteiger partial charge in [0.25, 0.3) is 0 Å². The highest BCUT2D eigenvalue weighted by Crippen LogP contribution is 2.11. The predicted octanol–water partition coefficient (Wildman–Crippen LogP) is 10.0. The molecule has 0 spiro atoms. The van der Waals surface area contributed by atoms with Crippen LogP contribution in [0.3, 0.4) is 0 Å². The van der Waals surface area contributed by atoms with Gasteiger partial charge in [0.05, 0.1) is 6.61 Å². The fourth-order valence-corrected chi connectivity index (χ4v) is 3.75. The van der Waals surface area contributed by atoms with Crippen LogP contribution in [-0.2, 0) is 9.53 Å². The molecule has 0 aromatic carbocycles. The van der Waals surface area contributed by atoms with Crippen molar-refractivity contribution in [3.63, 3.8) is 0 Å². The third kappa shape index (κ3) is 26.7. The van der Waals surface area contributed by atoms with Crippen LogP contribution in [0.4, 0.5) is 0 Å². The van der Waals surface area contributed by atoms with E-state index in [2.05, 4.69) is 50.3 Å². The molecule has 0 aromatic heterocycles. The summed E-state index contributed by atoms with van der Waals surface area (Å²) in [5, 5.41) is 0. The first kappa shape index (κ1) is 30.7. The van der Waals surface area contributed by atoms with Crippen molar-refractivity contribution >= 4 is 5.97 Å². The predicted molar refractivity (Wildman–Crippen MR) is 142 cm³/mol. The molecule has 0 amide bonds. The van der Waals surface area contributed by atoms with Crippen LogP contribution in [0.25, 0.3) is 0 Å². The van der Waals surface area contributed by atoms with Gasteiger partial charge in [-0.05, 0) is 64.7 Å². The minimum atomic E-state index is -0.000314. The maximum absolute atomic E-state index is 11.8. The zero-order valence-electron chi connectivity index (χ0n) is 21.6. The molecule has 0 radical (unpaired) electrons. The van der Waals surface area contributed by atoms with Gasteiger partial charge in [0.2, 0.25) is 0 Å². The molecule has 0 fully saturated rings. The van der Waals surface area contributed by atoms with E-state index in [1.807, 2.05) is 0 Å². The third-order valence-electron chi connectivity index (χ3n) is 5.85. The van der Waals surface area contributed by atoms with Crippen molar-refractivity contribution in [1.82, 2.24) is 0 Å². The Balaban J connectivity index is 3.26. The number of hydrogen-bond donors (Lipinski definition) is 0. The second-order valence-corrected chi connectivity index (χ2v) is 9.03. The Labute approximate surface area is 201 Å². The Kier molecular flexibility index (Phi) is 26.6. The summed E-state index contributed by atoms with van der Waals surface area (Å²) < 4.78 is 5.37. The molecular formula is C30H54O2. The number of unbranched alkanes of at least 4 members (excludes halogenated alkanes) is 15. The second kappa shape index (κ2) is 27.7. The summed E-state index contributed by atoms with van der Waals surface area (Å²) in [5.41, 5.74) is 0. The van der Waals surface area contributed by atoms with Crippen LogP contribution in [0, 0.1) is 0 Å². The fraction of sp³-hybridized carbons (Fsp3) is 0.767. The van der Waals surface area contributed by atoms with Crippen LogP contribution in [0.5, 0.6) is 0 Å². The van der Waals surface area contributed by atoms with Gasteiger partial charge in [-0.25, -0.2) is 0 Å². The fourth-order valence-electron chi connectivity index (χ4n) is 3.75. The van der Waals surface area contributed by atoms with Crippen molar-refractivity contribution in [1.29, 1.82) is 0 Å². The molecule has 0 aliphatic rings. The first-order chi connectivity index (χ1) is 15.8. The average Bonchev–Trinajstić information content (AvgIpc) is 2.80. The number of ether oxygens (including phenoxy) is 1. The van der Waals surface area contributed by atoms with Crippen molar-refractivity contribution in [2.45, 2.75) is 142 Å². The van der Waals surface area contributed by atoms with Crippen LogP contribution in [0.2, 0.25) is 0 Å². The molecular weight excluding hydrogens is 392 g/mol. The van der Waals surface area contributed by atoms with E-state index < -0.39 is 0 Å². The molecule has 2 heteroatoms. The number of allylic oxidation sites excluding steroid dienone is 6. The molecule has 0 rings (SSSR count). The van der Waals surface area contributed by atoms with Crippen molar-refractivity contribution in [2.75, 3.05) is 6.61 Å². The molecule has 2 nitrogen and oxygen atoms in total. The highest BCUT2D eigenvalue weighted by atomic mass is 16.5. The summed E-state index contributed by atoms with van der Waals surface area (Å²) in [6, 6.07) is 0. The maximum atomic E-state index is 11.8. The monoisotopic (exact) mass is 446 g/mol. The Bertz CT molecular complexity index is 461. The Hall–Kier alpha value is -1.31. The van der Waals surface area contributed by atoms with E-state index in [9.17, 15) is 4.79 Å². The van der Waals surface area contributed by atoms with Crippen molar-refractivity contribution in [3.8, 4) is 0 Å². The number of carbonyl (C=O) groups excluding carboxylic acids is 1. The summed E-state index contributed by atoms with van der Waals surface area (Å²) in [5.74, 6) is -0.000314. The first-order valence-electron chi connectivity index (χ1n) is 13.9. The molecule has 0 aliphatic carbocycles. The lowest BCUT2D eigenvalue weighted by Crippen LogP contribution is -2.05. The highest BCUT2D eigenvalue weighted by Gasteiger charge is 2.02. The molecule has 186 valence electrons. The van der Waals surface area contributed by atoms with E-state index in [4.69, 9.17) is 4.74 Å². The molecule has 0 aliphatic heterocycles. The van der Waals surface area contributed by atoms with E-state index in [1.54, 1.807) is 0 Å². The van der Waals surface area contributed by atoms with Gasteiger partial charge in [-0.2, -0.15) is 0 Å². The lowest BCUT2D eigenvalue weighted by atomic mass is 10.1. The smallest absolute Gasteiger partial charge is 0.305 e. The molecule has 0 heterocycles. The Morgan fingerprint density at radius 1 is 0.594 bits per heavy atom. The lowest BCUT2D eigenvalue weighted by Gasteiger charge is -2.05. The number of rotatable bonds is 24. The van der Waals surface area contributed by atoms with Gasteiger partial charge in [-0.15, -0.1) is 0 Å². The van der Waals surface area contributed by atoms with Gasteiger partial charge in [0.1, 0.15) is 0 Å². The average molecular weight is 447 g/mol. The number of hydrogen-bond acceptors (Lipinski definition) is 2.